The highest BCUT2D eigenvalue weighted by Gasteiger charge is 2.09. The van der Waals surface area contributed by atoms with E-state index in [4.69, 9.17) is 10.5 Å². The van der Waals surface area contributed by atoms with Crippen molar-refractivity contribution < 1.29 is 14.3 Å². The van der Waals surface area contributed by atoms with Gasteiger partial charge >= 0.3 is 0 Å². The Balaban J connectivity index is 2.40. The van der Waals surface area contributed by atoms with Crippen molar-refractivity contribution in [3.63, 3.8) is 0 Å². The first-order chi connectivity index (χ1) is 9.93. The summed E-state index contributed by atoms with van der Waals surface area (Å²) in [4.78, 5) is 23.4. The first-order valence-electron chi connectivity index (χ1n) is 6.92. The van der Waals surface area contributed by atoms with E-state index in [1.165, 1.54) is 7.11 Å². The van der Waals surface area contributed by atoms with Gasteiger partial charge in [-0.3, -0.25) is 9.59 Å². The van der Waals surface area contributed by atoms with E-state index < -0.39 is 0 Å². The summed E-state index contributed by atoms with van der Waals surface area (Å²) in [7, 11) is 1.52. The first-order valence-corrected chi connectivity index (χ1v) is 6.92. The molecule has 0 aromatic heterocycles. The van der Waals surface area contributed by atoms with E-state index in [1.807, 2.05) is 13.8 Å². The molecule has 0 unspecified atom stereocenters. The summed E-state index contributed by atoms with van der Waals surface area (Å²) in [5, 5.41) is 5.48. The third kappa shape index (κ3) is 5.72. The average molecular weight is 293 g/mol. The fourth-order valence-corrected chi connectivity index (χ4v) is 1.67. The van der Waals surface area contributed by atoms with Crippen LogP contribution in [-0.2, 0) is 4.79 Å². The van der Waals surface area contributed by atoms with Crippen LogP contribution in [0, 0.1) is 5.92 Å². The largest absolute Gasteiger partial charge is 0.495 e. The maximum atomic E-state index is 11.9. The van der Waals surface area contributed by atoms with Gasteiger partial charge in [0.25, 0.3) is 5.91 Å². The van der Waals surface area contributed by atoms with Crippen molar-refractivity contribution in [2.45, 2.75) is 20.3 Å². The minimum Gasteiger partial charge on any atom is -0.495 e. The Morgan fingerprint density at radius 3 is 2.57 bits per heavy atom. The minimum atomic E-state index is -0.263. The third-order valence-electron chi connectivity index (χ3n) is 2.84. The Morgan fingerprint density at radius 1 is 1.29 bits per heavy atom. The highest BCUT2D eigenvalue weighted by molar-refractivity contribution is 5.95. The van der Waals surface area contributed by atoms with Crippen molar-refractivity contribution in [2.75, 3.05) is 25.9 Å². The smallest absolute Gasteiger partial charge is 0.251 e. The van der Waals surface area contributed by atoms with E-state index in [9.17, 15) is 9.59 Å². The van der Waals surface area contributed by atoms with Crippen molar-refractivity contribution >= 4 is 17.5 Å². The fraction of sp³-hybridized carbons (Fsp3) is 0.467. The molecule has 0 aliphatic carbocycles. The number of nitrogens with one attached hydrogen (secondary N) is 2. The van der Waals surface area contributed by atoms with Crippen LogP contribution in [0.2, 0.25) is 0 Å². The predicted octanol–water partition coefficient (Wildman–Crippen LogP) is 1.17. The van der Waals surface area contributed by atoms with Gasteiger partial charge < -0.3 is 21.1 Å². The molecule has 1 aromatic rings. The van der Waals surface area contributed by atoms with Crippen LogP contribution in [-0.4, -0.2) is 32.0 Å². The highest BCUT2D eigenvalue weighted by Crippen LogP contribution is 2.21. The molecule has 0 aliphatic heterocycles. The lowest BCUT2D eigenvalue weighted by molar-refractivity contribution is -0.121. The maximum Gasteiger partial charge on any atom is 0.251 e. The zero-order chi connectivity index (χ0) is 15.8. The van der Waals surface area contributed by atoms with Gasteiger partial charge in [0.2, 0.25) is 5.91 Å². The highest BCUT2D eigenvalue weighted by atomic mass is 16.5. The molecule has 0 spiro atoms. The van der Waals surface area contributed by atoms with Crippen LogP contribution >= 0.6 is 0 Å². The number of carbonyl (C=O) groups is 2. The molecule has 0 radical (unpaired) electrons. The number of rotatable bonds is 7. The van der Waals surface area contributed by atoms with Gasteiger partial charge in [0.05, 0.1) is 12.8 Å². The van der Waals surface area contributed by atoms with E-state index in [1.54, 1.807) is 18.2 Å². The minimum absolute atomic E-state index is 0.0711. The number of amides is 2. The third-order valence-corrected chi connectivity index (χ3v) is 2.84. The molecule has 2 amide bonds. The normalized spacial score (nSPS) is 10.3. The Bertz CT molecular complexity index is 501. The molecule has 0 aliphatic rings. The predicted molar refractivity (Wildman–Crippen MR) is 82.2 cm³/mol. The molecule has 0 bridgehead atoms. The van der Waals surface area contributed by atoms with Crippen molar-refractivity contribution in [1.29, 1.82) is 0 Å². The number of hydrogen-bond acceptors (Lipinski definition) is 4. The van der Waals surface area contributed by atoms with E-state index in [0.717, 1.165) is 0 Å². The Labute approximate surface area is 125 Å². The Kier molecular flexibility index (Phi) is 6.52. The summed E-state index contributed by atoms with van der Waals surface area (Å²) in [6.07, 6.45) is 0.254. The molecule has 0 fully saturated rings. The number of benzene rings is 1. The molecular weight excluding hydrogens is 270 g/mol. The van der Waals surface area contributed by atoms with Gasteiger partial charge in [-0.15, -0.1) is 0 Å². The van der Waals surface area contributed by atoms with Crippen LogP contribution in [0.15, 0.2) is 18.2 Å². The molecule has 0 heterocycles. The first kappa shape index (κ1) is 16.8. The molecule has 6 heteroatoms. The van der Waals surface area contributed by atoms with Crippen LogP contribution in [0.25, 0.3) is 0 Å². The molecule has 4 N–H and O–H groups in total. The number of nitrogen functional groups attached to an aromatic ring is 1. The fourth-order valence-electron chi connectivity index (χ4n) is 1.67. The van der Waals surface area contributed by atoms with Gasteiger partial charge in [-0.25, -0.2) is 0 Å². The molecular formula is C15H23N3O3. The van der Waals surface area contributed by atoms with Gasteiger partial charge in [-0.2, -0.15) is 0 Å². The molecule has 116 valence electrons. The number of anilines is 1. The molecule has 21 heavy (non-hydrogen) atoms. The SMILES string of the molecule is COc1ccc(C(=O)NCCC(=O)NCC(C)C)cc1N. The number of nitrogens with two attached hydrogens (primary N) is 1. The van der Waals surface area contributed by atoms with Gasteiger partial charge in [-0.1, -0.05) is 13.8 Å². The zero-order valence-corrected chi connectivity index (χ0v) is 12.7. The van der Waals surface area contributed by atoms with E-state index >= 15 is 0 Å². The molecule has 0 saturated carbocycles. The lowest BCUT2D eigenvalue weighted by Crippen LogP contribution is -2.32. The number of carbonyl (C=O) groups excluding carboxylic acids is 2. The van der Waals surface area contributed by atoms with Crippen LogP contribution in [0.1, 0.15) is 30.6 Å². The van der Waals surface area contributed by atoms with Crippen molar-refractivity contribution in [3.05, 3.63) is 23.8 Å². The summed E-state index contributed by atoms with van der Waals surface area (Å²) in [5.74, 6) is 0.602. The molecule has 1 aromatic carbocycles. The van der Waals surface area contributed by atoms with Crippen LogP contribution < -0.4 is 21.1 Å². The monoisotopic (exact) mass is 293 g/mol. The van der Waals surface area contributed by atoms with Crippen LogP contribution in [0.5, 0.6) is 5.75 Å². The van der Waals surface area contributed by atoms with E-state index in [0.29, 0.717) is 29.5 Å². The van der Waals surface area contributed by atoms with Crippen molar-refractivity contribution in [2.24, 2.45) is 5.92 Å². The van der Waals surface area contributed by atoms with Gasteiger partial charge in [0, 0.05) is 25.1 Å². The number of ether oxygens (including phenoxy) is 1. The van der Waals surface area contributed by atoms with Crippen molar-refractivity contribution in [3.8, 4) is 5.75 Å². The Morgan fingerprint density at radius 2 is 2.00 bits per heavy atom. The number of hydrogen-bond donors (Lipinski definition) is 3. The zero-order valence-electron chi connectivity index (χ0n) is 12.7. The van der Waals surface area contributed by atoms with Crippen molar-refractivity contribution in [1.82, 2.24) is 10.6 Å². The summed E-state index contributed by atoms with van der Waals surface area (Å²) >= 11 is 0. The molecule has 0 saturated heterocycles. The van der Waals surface area contributed by atoms with Gasteiger partial charge in [0.15, 0.2) is 0 Å². The standard InChI is InChI=1S/C15H23N3O3/c1-10(2)9-18-14(19)6-7-17-15(20)11-4-5-13(21-3)12(16)8-11/h4-5,8,10H,6-7,9,16H2,1-3H3,(H,17,20)(H,18,19). The second-order valence-electron chi connectivity index (χ2n) is 5.16. The van der Waals surface area contributed by atoms with Gasteiger partial charge in [0.1, 0.15) is 5.75 Å². The second kappa shape index (κ2) is 8.14. The molecule has 6 nitrogen and oxygen atoms in total. The lowest BCUT2D eigenvalue weighted by Gasteiger charge is -2.09. The van der Waals surface area contributed by atoms with E-state index in [-0.39, 0.29) is 24.8 Å². The quantitative estimate of drug-likeness (QED) is 0.658. The van der Waals surface area contributed by atoms with E-state index in [2.05, 4.69) is 10.6 Å². The lowest BCUT2D eigenvalue weighted by atomic mass is 10.1. The van der Waals surface area contributed by atoms with Gasteiger partial charge in [-0.05, 0) is 24.1 Å². The van der Waals surface area contributed by atoms with Crippen LogP contribution in [0.4, 0.5) is 5.69 Å². The summed E-state index contributed by atoms with van der Waals surface area (Å²) in [6.45, 7) is 4.97. The second-order valence-corrected chi connectivity index (χ2v) is 5.16. The summed E-state index contributed by atoms with van der Waals surface area (Å²) in [6, 6.07) is 4.82. The number of methoxy groups -OCH3 is 1. The van der Waals surface area contributed by atoms with Crippen LogP contribution in [0.3, 0.4) is 0 Å². The summed E-state index contributed by atoms with van der Waals surface area (Å²) < 4.78 is 5.03. The summed E-state index contributed by atoms with van der Waals surface area (Å²) in [5.41, 5.74) is 6.59. The maximum absolute atomic E-state index is 11.9. The Hall–Kier alpha value is -2.24. The average Bonchev–Trinajstić information content (AvgIpc) is 2.44. The molecule has 0 atom stereocenters. The topological polar surface area (TPSA) is 93.4 Å². The molecule has 1 rings (SSSR count).